The van der Waals surface area contributed by atoms with E-state index in [0.717, 1.165) is 11.1 Å². The standard InChI is InChI=1S/C18H16ClN3O4S/c1-23-11-3-4-12(14(7-11)24-2)17-20-18(22-21-17)27-8-10-5-13(19)16-15(6-10)25-9-26-16/h3-7H,8-9H2,1-2H3,(H,20,21,22). The first-order chi connectivity index (χ1) is 13.2. The Morgan fingerprint density at radius 2 is 2.07 bits per heavy atom. The third-order valence-corrected chi connectivity index (χ3v) is 5.18. The van der Waals surface area contributed by atoms with Gasteiger partial charge in [0.15, 0.2) is 17.3 Å². The maximum Gasteiger partial charge on any atom is 0.231 e. The van der Waals surface area contributed by atoms with Gasteiger partial charge < -0.3 is 18.9 Å². The highest BCUT2D eigenvalue weighted by Gasteiger charge is 2.19. The van der Waals surface area contributed by atoms with Crippen LogP contribution in [0.15, 0.2) is 35.5 Å². The summed E-state index contributed by atoms with van der Waals surface area (Å²) in [5, 5.41) is 8.38. The molecule has 2 heterocycles. The molecule has 0 atom stereocenters. The Labute approximate surface area is 164 Å². The Bertz CT molecular complexity index is 979. The summed E-state index contributed by atoms with van der Waals surface area (Å²) in [4.78, 5) is 4.54. The fourth-order valence-electron chi connectivity index (χ4n) is 2.68. The number of benzene rings is 2. The molecule has 1 aliphatic heterocycles. The fourth-order valence-corrected chi connectivity index (χ4v) is 3.69. The van der Waals surface area contributed by atoms with Crippen molar-refractivity contribution in [3.05, 3.63) is 40.9 Å². The molecule has 27 heavy (non-hydrogen) atoms. The van der Waals surface area contributed by atoms with Crippen LogP contribution in [0.5, 0.6) is 23.0 Å². The molecule has 0 aliphatic carbocycles. The van der Waals surface area contributed by atoms with E-state index < -0.39 is 0 Å². The molecular formula is C18H16ClN3O4S. The van der Waals surface area contributed by atoms with Crippen LogP contribution in [0.2, 0.25) is 5.02 Å². The number of rotatable bonds is 6. The van der Waals surface area contributed by atoms with Gasteiger partial charge in [-0.25, -0.2) is 4.98 Å². The number of aromatic amines is 1. The first kappa shape index (κ1) is 17.8. The number of thioether (sulfide) groups is 1. The van der Waals surface area contributed by atoms with E-state index in [-0.39, 0.29) is 6.79 Å². The topological polar surface area (TPSA) is 78.5 Å². The molecule has 0 amide bonds. The summed E-state index contributed by atoms with van der Waals surface area (Å²) >= 11 is 7.71. The van der Waals surface area contributed by atoms with Gasteiger partial charge in [0.2, 0.25) is 11.9 Å². The van der Waals surface area contributed by atoms with Crippen LogP contribution in [-0.2, 0) is 5.75 Å². The van der Waals surface area contributed by atoms with Crippen molar-refractivity contribution in [2.45, 2.75) is 10.9 Å². The van der Waals surface area contributed by atoms with Crippen LogP contribution >= 0.6 is 23.4 Å². The van der Waals surface area contributed by atoms with Crippen LogP contribution in [0.1, 0.15) is 5.56 Å². The average Bonchev–Trinajstić information content (AvgIpc) is 3.35. The summed E-state index contributed by atoms with van der Waals surface area (Å²) in [5.74, 6) is 3.90. The Morgan fingerprint density at radius 3 is 2.89 bits per heavy atom. The van der Waals surface area contributed by atoms with Crippen LogP contribution in [0.4, 0.5) is 0 Å². The maximum absolute atomic E-state index is 6.22. The molecule has 0 spiro atoms. The van der Waals surface area contributed by atoms with Gasteiger partial charge in [-0.1, -0.05) is 23.4 Å². The number of nitrogens with one attached hydrogen (secondary N) is 1. The molecule has 2 aromatic carbocycles. The maximum atomic E-state index is 6.22. The van der Waals surface area contributed by atoms with E-state index in [1.54, 1.807) is 20.3 Å². The highest BCUT2D eigenvalue weighted by Crippen LogP contribution is 2.41. The molecular weight excluding hydrogens is 390 g/mol. The van der Waals surface area contributed by atoms with E-state index in [1.807, 2.05) is 24.3 Å². The minimum absolute atomic E-state index is 0.194. The largest absolute Gasteiger partial charge is 0.497 e. The summed E-state index contributed by atoms with van der Waals surface area (Å²) in [5.41, 5.74) is 1.81. The molecule has 4 rings (SSSR count). The zero-order valence-corrected chi connectivity index (χ0v) is 16.2. The predicted molar refractivity (Wildman–Crippen MR) is 102 cm³/mol. The number of hydrogen-bond acceptors (Lipinski definition) is 7. The fraction of sp³-hybridized carbons (Fsp3) is 0.222. The van der Waals surface area contributed by atoms with Gasteiger partial charge >= 0.3 is 0 Å². The second kappa shape index (κ2) is 7.58. The number of aromatic nitrogens is 3. The number of hydrogen-bond donors (Lipinski definition) is 1. The second-order valence-electron chi connectivity index (χ2n) is 5.63. The molecule has 9 heteroatoms. The van der Waals surface area contributed by atoms with E-state index in [2.05, 4.69) is 15.2 Å². The van der Waals surface area contributed by atoms with Crippen molar-refractivity contribution in [3.63, 3.8) is 0 Å². The van der Waals surface area contributed by atoms with Crippen LogP contribution in [-0.4, -0.2) is 36.2 Å². The van der Waals surface area contributed by atoms with Gasteiger partial charge in [0.25, 0.3) is 0 Å². The van der Waals surface area contributed by atoms with Crippen LogP contribution in [0.3, 0.4) is 0 Å². The van der Waals surface area contributed by atoms with Crippen LogP contribution in [0.25, 0.3) is 11.4 Å². The zero-order chi connectivity index (χ0) is 18.8. The number of fused-ring (bicyclic) bond motifs is 1. The highest BCUT2D eigenvalue weighted by molar-refractivity contribution is 7.98. The molecule has 1 aromatic heterocycles. The Morgan fingerprint density at radius 1 is 1.19 bits per heavy atom. The molecule has 0 saturated heterocycles. The number of halogens is 1. The van der Waals surface area contributed by atoms with E-state index in [9.17, 15) is 0 Å². The van der Waals surface area contributed by atoms with Gasteiger partial charge in [-0.05, 0) is 29.8 Å². The minimum Gasteiger partial charge on any atom is -0.497 e. The molecule has 3 aromatic rings. The van der Waals surface area contributed by atoms with Crippen molar-refractivity contribution in [1.29, 1.82) is 0 Å². The van der Waals surface area contributed by atoms with Gasteiger partial charge in [-0.2, -0.15) is 0 Å². The van der Waals surface area contributed by atoms with E-state index in [4.69, 9.17) is 30.5 Å². The molecule has 0 fully saturated rings. The van der Waals surface area contributed by atoms with Crippen LogP contribution < -0.4 is 18.9 Å². The van der Waals surface area contributed by atoms with Gasteiger partial charge in [0.1, 0.15) is 11.5 Å². The summed E-state index contributed by atoms with van der Waals surface area (Å²) < 4.78 is 21.4. The Hall–Kier alpha value is -2.58. The molecule has 0 radical (unpaired) electrons. The molecule has 1 aliphatic rings. The predicted octanol–water partition coefficient (Wildman–Crippen LogP) is 4.16. The van der Waals surface area contributed by atoms with Crippen molar-refractivity contribution >= 4 is 23.4 Å². The molecule has 0 unspecified atom stereocenters. The van der Waals surface area contributed by atoms with Gasteiger partial charge in [-0.3, -0.25) is 5.10 Å². The van der Waals surface area contributed by atoms with Crippen molar-refractivity contribution < 1.29 is 18.9 Å². The lowest BCUT2D eigenvalue weighted by molar-refractivity contribution is 0.174. The smallest absolute Gasteiger partial charge is 0.231 e. The highest BCUT2D eigenvalue weighted by atomic mass is 35.5. The number of H-pyrrole nitrogens is 1. The first-order valence-electron chi connectivity index (χ1n) is 8.03. The first-order valence-corrected chi connectivity index (χ1v) is 9.40. The van der Waals surface area contributed by atoms with Crippen molar-refractivity contribution in [3.8, 4) is 34.4 Å². The quantitative estimate of drug-likeness (QED) is 0.617. The lowest BCUT2D eigenvalue weighted by atomic mass is 10.2. The van der Waals surface area contributed by atoms with Crippen molar-refractivity contribution in [1.82, 2.24) is 15.2 Å². The molecule has 1 N–H and O–H groups in total. The molecule has 7 nitrogen and oxygen atoms in total. The van der Waals surface area contributed by atoms with Crippen molar-refractivity contribution in [2.24, 2.45) is 0 Å². The summed E-state index contributed by atoms with van der Waals surface area (Å²) in [6.07, 6.45) is 0. The number of ether oxygens (including phenoxy) is 4. The van der Waals surface area contributed by atoms with Crippen molar-refractivity contribution in [2.75, 3.05) is 21.0 Å². The normalized spacial score (nSPS) is 12.3. The molecule has 0 saturated carbocycles. The van der Waals surface area contributed by atoms with E-state index >= 15 is 0 Å². The third-order valence-electron chi connectivity index (χ3n) is 3.98. The number of methoxy groups -OCH3 is 2. The molecule has 140 valence electrons. The average molecular weight is 406 g/mol. The second-order valence-corrected chi connectivity index (χ2v) is 6.98. The van der Waals surface area contributed by atoms with E-state index in [1.165, 1.54) is 11.8 Å². The molecule has 0 bridgehead atoms. The lowest BCUT2D eigenvalue weighted by Gasteiger charge is -2.07. The zero-order valence-electron chi connectivity index (χ0n) is 14.6. The van der Waals surface area contributed by atoms with Gasteiger partial charge in [0.05, 0.1) is 24.8 Å². The summed E-state index contributed by atoms with van der Waals surface area (Å²) in [7, 11) is 3.22. The number of nitrogens with zero attached hydrogens (tertiary/aromatic N) is 2. The Kier molecular flexibility index (Phi) is 5.00. The summed E-state index contributed by atoms with van der Waals surface area (Å²) in [6, 6.07) is 9.31. The third kappa shape index (κ3) is 3.63. The monoisotopic (exact) mass is 405 g/mol. The SMILES string of the molecule is COc1ccc(-c2nc(SCc3cc(Cl)c4c(c3)OCO4)n[nH]2)c(OC)c1. The lowest BCUT2D eigenvalue weighted by Crippen LogP contribution is -1.93. The van der Waals surface area contributed by atoms with E-state index in [0.29, 0.717) is 44.8 Å². The van der Waals surface area contributed by atoms with Gasteiger partial charge in [-0.15, -0.1) is 5.10 Å². The minimum atomic E-state index is 0.194. The van der Waals surface area contributed by atoms with Gasteiger partial charge in [0, 0.05) is 11.8 Å². The van der Waals surface area contributed by atoms with Crippen LogP contribution in [0, 0.1) is 0 Å². The Balaban J connectivity index is 1.50. The summed E-state index contributed by atoms with van der Waals surface area (Å²) in [6.45, 7) is 0.194.